The van der Waals surface area contributed by atoms with Crippen LogP contribution in [0.25, 0.3) is 44.1 Å². The van der Waals surface area contributed by atoms with Crippen molar-refractivity contribution in [2.24, 2.45) is 11.8 Å². The molecule has 6 aromatic rings. The molecule has 0 amide bonds. The van der Waals surface area contributed by atoms with Gasteiger partial charge in [0.1, 0.15) is 0 Å². The van der Waals surface area contributed by atoms with E-state index >= 15 is 0 Å². The van der Waals surface area contributed by atoms with E-state index in [2.05, 4.69) is 162 Å². The van der Waals surface area contributed by atoms with E-state index in [9.17, 15) is 23.1 Å². The Bertz CT molecular complexity index is 2410. The number of nitrogens with zero attached hydrogens (tertiary/aromatic N) is 2. The Labute approximate surface area is 403 Å². The van der Waals surface area contributed by atoms with Gasteiger partial charge < -0.3 is 15.1 Å². The van der Waals surface area contributed by atoms with Crippen LogP contribution in [0.4, 0.5) is 13.2 Å². The van der Waals surface area contributed by atoms with Crippen molar-refractivity contribution >= 4 is 53.8 Å². The fourth-order valence-electron chi connectivity index (χ4n) is 7.77. The quantitative estimate of drug-likeness (QED) is 0.0542. The molecule has 0 saturated carbocycles. The van der Waals surface area contributed by atoms with Crippen LogP contribution in [0.1, 0.15) is 82.6 Å². The summed E-state index contributed by atoms with van der Waals surface area (Å²) in [4.78, 5) is 21.0. The van der Waals surface area contributed by atoms with Gasteiger partial charge in [0.2, 0.25) is 0 Å². The second-order valence-electron chi connectivity index (χ2n) is 19.0. The van der Waals surface area contributed by atoms with Crippen molar-refractivity contribution in [2.75, 3.05) is 0 Å². The van der Waals surface area contributed by atoms with Gasteiger partial charge in [0, 0.05) is 50.4 Å². The van der Waals surface area contributed by atoms with Gasteiger partial charge in [-0.25, -0.2) is 0 Å². The number of aliphatic hydroxyl groups excluding tert-OH is 1. The molecule has 4 nitrogen and oxygen atoms in total. The Morgan fingerprint density at radius 1 is 0.646 bits per heavy atom. The zero-order valence-electron chi connectivity index (χ0n) is 40.8. The minimum Gasteiger partial charge on any atom is -0.512 e. The summed E-state index contributed by atoms with van der Waals surface area (Å²) in [5, 5.41) is 17.6. The molecule has 1 atom stereocenters. The molecule has 2 aromatic heterocycles. The van der Waals surface area contributed by atoms with Crippen molar-refractivity contribution < 1.29 is 43.2 Å². The van der Waals surface area contributed by atoms with Gasteiger partial charge >= 0.3 is 6.18 Å². The molecular formula is C55H69F3IrN2O2Si2-2. The number of pyridine rings is 2. The summed E-state index contributed by atoms with van der Waals surface area (Å²) in [5.74, 6) is -2.00. The largest absolute Gasteiger partial charge is 0.512 e. The van der Waals surface area contributed by atoms with Gasteiger partial charge in [-0.1, -0.05) is 135 Å². The van der Waals surface area contributed by atoms with Gasteiger partial charge in [-0.3, -0.25) is 4.79 Å². The van der Waals surface area contributed by atoms with E-state index in [1.54, 1.807) is 6.92 Å². The molecule has 1 radical (unpaired) electrons. The fourth-order valence-corrected chi connectivity index (χ4v) is 10.1. The summed E-state index contributed by atoms with van der Waals surface area (Å²) >= 11 is 0. The Hall–Kier alpha value is -4.22. The molecule has 10 heteroatoms. The molecule has 4 aromatic carbocycles. The van der Waals surface area contributed by atoms with E-state index in [4.69, 9.17) is 0 Å². The third-order valence-electron chi connectivity index (χ3n) is 11.8. The van der Waals surface area contributed by atoms with Gasteiger partial charge in [-0.15, -0.1) is 69.8 Å². The van der Waals surface area contributed by atoms with Crippen molar-refractivity contribution in [1.82, 2.24) is 9.97 Å². The van der Waals surface area contributed by atoms with Crippen molar-refractivity contribution in [1.29, 1.82) is 0 Å². The summed E-state index contributed by atoms with van der Waals surface area (Å²) in [7, 11) is -2.60. The van der Waals surface area contributed by atoms with Crippen LogP contribution < -0.4 is 10.4 Å². The molecule has 0 aliphatic carbocycles. The normalized spacial score (nSPS) is 12.5. The number of allylic oxidation sites excluding steroid dienone is 2. The van der Waals surface area contributed by atoms with Crippen LogP contribution in [-0.2, 0) is 37.7 Å². The minimum atomic E-state index is -4.33. The number of benzene rings is 4. The number of alkyl halides is 3. The Balaban J connectivity index is 0.000000260. The van der Waals surface area contributed by atoms with Crippen LogP contribution in [-0.4, -0.2) is 43.2 Å². The molecule has 1 unspecified atom stereocenters. The predicted octanol–water partition coefficient (Wildman–Crippen LogP) is 14.6. The molecule has 6 rings (SSSR count). The molecule has 0 aliphatic rings. The first-order valence-electron chi connectivity index (χ1n) is 22.9. The number of hydrogen-bond donors (Lipinski definition) is 1. The number of halogens is 3. The molecule has 0 bridgehead atoms. The average Bonchev–Trinajstić information content (AvgIpc) is 3.24. The second kappa shape index (κ2) is 24.0. The zero-order valence-corrected chi connectivity index (χ0v) is 45.2. The van der Waals surface area contributed by atoms with E-state index in [-0.39, 0.29) is 38.2 Å². The summed E-state index contributed by atoms with van der Waals surface area (Å²) in [6.45, 7) is 28.2. The molecule has 2 heterocycles. The van der Waals surface area contributed by atoms with Gasteiger partial charge in [-0.2, -0.15) is 13.2 Å². The van der Waals surface area contributed by atoms with Crippen LogP contribution in [0, 0.1) is 37.8 Å². The minimum absolute atomic E-state index is 0. The number of carbonyl (C=O) groups excluding carboxylic acids is 1. The van der Waals surface area contributed by atoms with Gasteiger partial charge in [-0.05, 0) is 77.2 Å². The predicted molar refractivity (Wildman–Crippen MR) is 270 cm³/mol. The number of hydrogen-bond acceptors (Lipinski definition) is 4. The first-order valence-corrected chi connectivity index (χ1v) is 29.9. The second-order valence-corrected chi connectivity index (χ2v) is 29.1. The Morgan fingerprint density at radius 3 is 1.38 bits per heavy atom. The number of aryl methyl sites for hydroxylation is 4. The Morgan fingerprint density at radius 2 is 1.05 bits per heavy atom. The third-order valence-corrected chi connectivity index (χ3v) is 15.9. The standard InChI is InChI=1S/2C21H24NSi.C13H21F3O2.Ir/c2*1-6-16-11-15(2)12-18(13-16)21-20-8-7-19(23(3,4)5)14-17(20)9-10-22-21;1-4-9(5-2)11(17)7-12(18)10(6-3)8-13(14,15)16;/h2*7-11,13-14H,6H2,1-5H3;7,9-10,18H,4-6,8H2,1-3H3;/q2*-1;;/b;;12-7-;. The maximum absolute atomic E-state index is 12.3. The monoisotopic (exact) mass is 1100 g/mol. The molecule has 0 aliphatic heterocycles. The van der Waals surface area contributed by atoms with Crippen LogP contribution in [0.3, 0.4) is 0 Å². The number of aliphatic hydroxyl groups is 1. The zero-order chi connectivity index (χ0) is 47.6. The number of aromatic nitrogens is 2. The van der Waals surface area contributed by atoms with E-state index in [0.717, 1.165) is 41.4 Å². The fraction of sp³-hybridized carbons (Fsp3) is 0.400. The van der Waals surface area contributed by atoms with Crippen molar-refractivity contribution in [3.05, 3.63) is 131 Å². The molecule has 0 saturated heterocycles. The topological polar surface area (TPSA) is 63.1 Å². The van der Waals surface area contributed by atoms with Gasteiger partial charge in [0.15, 0.2) is 5.78 Å². The summed E-state index contributed by atoms with van der Waals surface area (Å²) in [6.07, 6.45) is 2.85. The van der Waals surface area contributed by atoms with E-state index in [0.29, 0.717) is 12.8 Å². The number of carbonyl (C=O) groups is 1. The molecular weight excluding hydrogens is 1030 g/mol. The molecule has 0 spiro atoms. The SMILES string of the molecule is CCC(CC)C(=O)/C=C(\O)C(CC)CC(F)(F)F.CCc1cc(C)[c-]c(-c2nccc3cc([Si](C)(C)C)ccc23)c1.CCc1cc(C)[c-]c(-c2nccc3cc([Si](C)(C)C)ccc23)c1.[Ir]. The number of fused-ring (bicyclic) bond motifs is 2. The van der Waals surface area contributed by atoms with Crippen molar-refractivity contribution in [3.63, 3.8) is 0 Å². The number of ketones is 1. The molecule has 65 heavy (non-hydrogen) atoms. The van der Waals surface area contributed by atoms with Crippen LogP contribution >= 0.6 is 0 Å². The number of rotatable bonds is 13. The Kier molecular flexibility index (Phi) is 20.3. The van der Waals surface area contributed by atoms with E-state index in [1.807, 2.05) is 26.2 Å². The average molecular weight is 1100 g/mol. The summed E-state index contributed by atoms with van der Waals surface area (Å²) < 4.78 is 36.8. The van der Waals surface area contributed by atoms with E-state index in [1.165, 1.54) is 54.2 Å². The third kappa shape index (κ3) is 15.7. The maximum atomic E-state index is 12.3. The molecule has 1 N–H and O–H groups in total. The summed E-state index contributed by atoms with van der Waals surface area (Å²) in [6, 6.07) is 33.8. The smallest absolute Gasteiger partial charge is 0.389 e. The maximum Gasteiger partial charge on any atom is 0.389 e. The first-order chi connectivity index (χ1) is 30.0. The van der Waals surface area contributed by atoms with Crippen LogP contribution in [0.15, 0.2) is 97.0 Å². The van der Waals surface area contributed by atoms with Crippen LogP contribution in [0.5, 0.6) is 0 Å². The van der Waals surface area contributed by atoms with E-state index < -0.39 is 40.4 Å². The molecule has 0 fully saturated rings. The van der Waals surface area contributed by atoms with Crippen LogP contribution in [0.2, 0.25) is 39.3 Å². The van der Waals surface area contributed by atoms with Gasteiger partial charge in [0.05, 0.1) is 28.3 Å². The van der Waals surface area contributed by atoms with Gasteiger partial charge in [0.25, 0.3) is 0 Å². The summed E-state index contributed by atoms with van der Waals surface area (Å²) in [5.41, 5.74) is 9.34. The van der Waals surface area contributed by atoms with Crippen molar-refractivity contribution in [3.8, 4) is 22.5 Å². The molecule has 351 valence electrons. The van der Waals surface area contributed by atoms with Crippen molar-refractivity contribution in [2.45, 2.75) is 132 Å². The first kappa shape index (κ1) is 55.1.